The number of aliphatic carboxylic acids is 1. The van der Waals surface area contributed by atoms with Gasteiger partial charge in [0.15, 0.2) is 0 Å². The highest BCUT2D eigenvalue weighted by atomic mass is 35.5. The maximum atomic E-state index is 13.0. The van der Waals surface area contributed by atoms with Gasteiger partial charge in [0.1, 0.15) is 11.8 Å². The molecule has 0 aromatic heterocycles. The Bertz CT molecular complexity index is 1090. The molecule has 12 heteroatoms. The summed E-state index contributed by atoms with van der Waals surface area (Å²) in [4.78, 5) is 24.0. The second-order valence-electron chi connectivity index (χ2n) is 7.01. The van der Waals surface area contributed by atoms with E-state index in [9.17, 15) is 27.5 Å². The average Bonchev–Trinajstić information content (AvgIpc) is 2.66. The number of alkyl halides is 1. The summed E-state index contributed by atoms with van der Waals surface area (Å²) in [6.07, 6.45) is -0.166. The van der Waals surface area contributed by atoms with Crippen LogP contribution < -0.4 is 10.1 Å². The molecular weight excluding hydrogens is 486 g/mol. The number of carbonyl (C=O) groups is 2. The molecule has 1 amide bonds. The summed E-state index contributed by atoms with van der Waals surface area (Å²) < 4.78 is 43.9. The molecule has 1 saturated heterocycles. The number of carboxylic acid groups (broad SMARTS) is 1. The predicted molar refractivity (Wildman–Crippen MR) is 115 cm³/mol. The van der Waals surface area contributed by atoms with Crippen LogP contribution in [0.2, 0.25) is 10.0 Å². The fourth-order valence-electron chi connectivity index (χ4n) is 3.28. The largest absolute Gasteiger partial charge is 0.481 e. The zero-order valence-corrected chi connectivity index (χ0v) is 18.8. The third kappa shape index (κ3) is 5.50. The van der Waals surface area contributed by atoms with E-state index in [0.29, 0.717) is 5.56 Å². The van der Waals surface area contributed by atoms with Gasteiger partial charge >= 0.3 is 5.97 Å². The Hall–Kier alpha value is -2.40. The van der Waals surface area contributed by atoms with E-state index < -0.39 is 47.3 Å². The molecule has 0 aliphatic carbocycles. The van der Waals surface area contributed by atoms with E-state index in [-0.39, 0.29) is 33.7 Å². The molecule has 32 heavy (non-hydrogen) atoms. The highest BCUT2D eigenvalue weighted by molar-refractivity contribution is 7.89. The van der Waals surface area contributed by atoms with Crippen molar-refractivity contribution in [3.8, 4) is 5.75 Å². The number of sulfonamides is 1. The second kappa shape index (κ2) is 10.0. The molecule has 1 aliphatic heterocycles. The van der Waals surface area contributed by atoms with Crippen LogP contribution in [0.25, 0.3) is 0 Å². The molecule has 0 bridgehead atoms. The van der Waals surface area contributed by atoms with Gasteiger partial charge in [-0.2, -0.15) is 4.31 Å². The minimum absolute atomic E-state index is 0.115. The Morgan fingerprint density at radius 1 is 1.19 bits per heavy atom. The molecule has 172 valence electrons. The Balaban J connectivity index is 1.78. The molecule has 0 unspecified atom stereocenters. The summed E-state index contributed by atoms with van der Waals surface area (Å²) in [6.45, 7) is -0.901. The van der Waals surface area contributed by atoms with Crippen molar-refractivity contribution in [3.63, 3.8) is 0 Å². The van der Waals surface area contributed by atoms with Gasteiger partial charge in [-0.15, -0.1) is 0 Å². The average molecular weight is 505 g/mol. The number of amides is 1. The molecule has 2 aromatic carbocycles. The van der Waals surface area contributed by atoms with E-state index in [1.165, 1.54) is 42.5 Å². The van der Waals surface area contributed by atoms with Crippen LogP contribution in [0.1, 0.15) is 24.4 Å². The SMILES string of the molecule is O=C(O)C[C@@H](NC(=O)[C@@H]1CCN1S(=O)(=O)c1cc(Cl)cc(Cl)c1)c1ccc(OCF)cc1. The first-order chi connectivity index (χ1) is 15.1. The van der Waals surface area contributed by atoms with Crippen LogP contribution in [0, 0.1) is 0 Å². The molecule has 0 spiro atoms. The molecule has 2 atom stereocenters. The Kier molecular flexibility index (Phi) is 7.60. The van der Waals surface area contributed by atoms with E-state index in [0.717, 1.165) is 4.31 Å². The fraction of sp³-hybridized carbons (Fsp3) is 0.300. The number of nitrogens with zero attached hydrogens (tertiary/aromatic N) is 1. The number of hydrogen-bond donors (Lipinski definition) is 2. The molecule has 2 aromatic rings. The maximum absolute atomic E-state index is 13.0. The number of halogens is 3. The molecule has 1 heterocycles. The lowest BCUT2D eigenvalue weighted by atomic mass is 10.0. The van der Waals surface area contributed by atoms with Gasteiger partial charge in [0.2, 0.25) is 22.8 Å². The van der Waals surface area contributed by atoms with Crippen molar-refractivity contribution in [1.82, 2.24) is 9.62 Å². The normalized spacial score (nSPS) is 17.3. The van der Waals surface area contributed by atoms with E-state index in [2.05, 4.69) is 5.32 Å². The van der Waals surface area contributed by atoms with Crippen molar-refractivity contribution >= 4 is 45.1 Å². The first-order valence-corrected chi connectivity index (χ1v) is 11.6. The van der Waals surface area contributed by atoms with Gasteiger partial charge in [0, 0.05) is 16.6 Å². The predicted octanol–water partition coefficient (Wildman–Crippen LogP) is 3.39. The quantitative estimate of drug-likeness (QED) is 0.540. The third-order valence-electron chi connectivity index (χ3n) is 4.91. The van der Waals surface area contributed by atoms with Gasteiger partial charge in [0.25, 0.3) is 0 Å². The van der Waals surface area contributed by atoms with E-state index in [1.807, 2.05) is 0 Å². The van der Waals surface area contributed by atoms with E-state index in [1.54, 1.807) is 0 Å². The number of nitrogens with one attached hydrogen (secondary N) is 1. The number of hydrogen-bond acceptors (Lipinski definition) is 5. The number of carbonyl (C=O) groups excluding carboxylic acids is 1. The zero-order valence-electron chi connectivity index (χ0n) is 16.5. The van der Waals surface area contributed by atoms with Crippen LogP contribution >= 0.6 is 23.2 Å². The van der Waals surface area contributed by atoms with Gasteiger partial charge < -0.3 is 15.2 Å². The summed E-state index contributed by atoms with van der Waals surface area (Å²) >= 11 is 11.8. The summed E-state index contributed by atoms with van der Waals surface area (Å²) in [6, 6.07) is 7.83. The van der Waals surface area contributed by atoms with Crippen molar-refractivity contribution in [2.45, 2.75) is 29.8 Å². The van der Waals surface area contributed by atoms with Crippen molar-refractivity contribution in [1.29, 1.82) is 0 Å². The molecule has 8 nitrogen and oxygen atoms in total. The molecule has 0 saturated carbocycles. The first kappa shape index (κ1) is 24.2. The monoisotopic (exact) mass is 504 g/mol. The molecule has 0 radical (unpaired) electrons. The van der Waals surface area contributed by atoms with E-state index in [4.69, 9.17) is 27.9 Å². The van der Waals surface area contributed by atoms with Crippen molar-refractivity contribution in [2.24, 2.45) is 0 Å². The highest BCUT2D eigenvalue weighted by Gasteiger charge is 2.43. The summed E-state index contributed by atoms with van der Waals surface area (Å²) in [5.41, 5.74) is 0.447. The van der Waals surface area contributed by atoms with Crippen molar-refractivity contribution in [3.05, 3.63) is 58.1 Å². The molecule has 3 rings (SSSR count). The Morgan fingerprint density at radius 2 is 1.81 bits per heavy atom. The van der Waals surface area contributed by atoms with Gasteiger partial charge in [-0.25, -0.2) is 12.8 Å². The smallest absolute Gasteiger partial charge is 0.305 e. The van der Waals surface area contributed by atoms with Gasteiger partial charge in [-0.1, -0.05) is 35.3 Å². The highest BCUT2D eigenvalue weighted by Crippen LogP contribution is 2.31. The van der Waals surface area contributed by atoms with Gasteiger partial charge in [0.05, 0.1) is 17.4 Å². The molecular formula is C20H19Cl2FN2O6S. The summed E-state index contributed by atoms with van der Waals surface area (Å²) in [7, 11) is -4.04. The van der Waals surface area contributed by atoms with Crippen molar-refractivity contribution in [2.75, 3.05) is 13.4 Å². The maximum Gasteiger partial charge on any atom is 0.305 e. The molecule has 1 fully saturated rings. The summed E-state index contributed by atoms with van der Waals surface area (Å²) in [5.74, 6) is -1.55. The molecule has 2 N–H and O–H groups in total. The Labute approximate surface area is 193 Å². The number of benzene rings is 2. The lowest BCUT2D eigenvalue weighted by molar-refractivity contribution is -0.138. The van der Waals surface area contributed by atoms with Crippen LogP contribution in [0.3, 0.4) is 0 Å². The number of rotatable bonds is 9. The first-order valence-electron chi connectivity index (χ1n) is 9.40. The minimum Gasteiger partial charge on any atom is -0.481 e. The lowest BCUT2D eigenvalue weighted by Gasteiger charge is -2.39. The third-order valence-corrected chi connectivity index (χ3v) is 7.24. The standard InChI is InChI=1S/C20H19Cl2FN2O6S/c21-13-7-14(22)9-16(8-13)32(29,30)25-6-5-18(25)20(28)24-17(10-19(26)27)12-1-3-15(4-2-12)31-11-23/h1-4,7-9,17-18H,5-6,10-11H2,(H,24,28)(H,26,27)/t17-,18+/m1/s1. The molecule has 1 aliphatic rings. The zero-order chi connectivity index (χ0) is 23.5. The van der Waals surface area contributed by atoms with Crippen LogP contribution in [0.4, 0.5) is 4.39 Å². The topological polar surface area (TPSA) is 113 Å². The van der Waals surface area contributed by atoms with Gasteiger partial charge in [-0.05, 0) is 42.3 Å². The van der Waals surface area contributed by atoms with Gasteiger partial charge in [-0.3, -0.25) is 9.59 Å². The number of ether oxygens (including phenoxy) is 1. The van der Waals surface area contributed by atoms with Crippen LogP contribution in [0.15, 0.2) is 47.4 Å². The second-order valence-corrected chi connectivity index (χ2v) is 9.77. The van der Waals surface area contributed by atoms with Crippen molar-refractivity contribution < 1.29 is 32.2 Å². The minimum atomic E-state index is -4.04. The lowest BCUT2D eigenvalue weighted by Crippen LogP contribution is -2.58. The summed E-state index contributed by atoms with van der Waals surface area (Å²) in [5, 5.41) is 12.1. The fourth-order valence-corrected chi connectivity index (χ4v) is 5.64. The van der Waals surface area contributed by atoms with E-state index >= 15 is 0 Å². The Morgan fingerprint density at radius 3 is 2.31 bits per heavy atom. The van der Waals surface area contributed by atoms with Crippen LogP contribution in [-0.2, 0) is 19.6 Å². The van der Waals surface area contributed by atoms with Crippen LogP contribution in [-0.4, -0.2) is 49.2 Å². The van der Waals surface area contributed by atoms with Crippen LogP contribution in [0.5, 0.6) is 5.75 Å². The number of carboxylic acids is 1.